The predicted octanol–water partition coefficient (Wildman–Crippen LogP) is 4.81. The average Bonchev–Trinajstić information content (AvgIpc) is 3.51. The van der Waals surface area contributed by atoms with Crippen LogP contribution in [0.15, 0.2) is 60.2 Å². The molecule has 40 heavy (non-hydrogen) atoms. The smallest absolute Gasteiger partial charge is 0.301 e. The van der Waals surface area contributed by atoms with E-state index >= 15 is 0 Å². The lowest BCUT2D eigenvalue weighted by Crippen LogP contribution is -2.29. The normalized spacial score (nSPS) is 17.9. The van der Waals surface area contributed by atoms with Gasteiger partial charge in [0.15, 0.2) is 28.1 Å². The van der Waals surface area contributed by atoms with E-state index in [2.05, 4.69) is 4.98 Å². The molecule has 1 aromatic heterocycles. The standard InChI is InChI=1S/C29H24N2O8S/c1-3-37-21-12-15(4-8-19(21)32)25-24(26(33)16-5-9-20-22(13-16)39-11-10-38-20)27(34)28(35)31(25)29-30-18-7-6-17(36-2)14-23(18)40-29/h4-9,12-14,25,32-33H,3,10-11H2,1-2H3/t25-/m1/s1. The van der Waals surface area contributed by atoms with Gasteiger partial charge in [0.2, 0.25) is 0 Å². The summed E-state index contributed by atoms with van der Waals surface area (Å²) < 4.78 is 22.9. The lowest BCUT2D eigenvalue weighted by atomic mass is 9.95. The van der Waals surface area contributed by atoms with Gasteiger partial charge in [-0.3, -0.25) is 14.5 Å². The third-order valence-electron chi connectivity index (χ3n) is 6.65. The van der Waals surface area contributed by atoms with Crippen molar-refractivity contribution in [3.8, 4) is 28.7 Å². The highest BCUT2D eigenvalue weighted by molar-refractivity contribution is 7.22. The molecule has 0 saturated carbocycles. The highest BCUT2D eigenvalue weighted by Gasteiger charge is 2.48. The van der Waals surface area contributed by atoms with Gasteiger partial charge in [0.05, 0.1) is 35.5 Å². The van der Waals surface area contributed by atoms with Crippen LogP contribution in [0.25, 0.3) is 16.0 Å². The van der Waals surface area contributed by atoms with E-state index in [0.717, 1.165) is 4.70 Å². The van der Waals surface area contributed by atoms with E-state index in [-0.39, 0.29) is 40.1 Å². The van der Waals surface area contributed by atoms with Crippen molar-refractivity contribution in [2.75, 3.05) is 31.8 Å². The summed E-state index contributed by atoms with van der Waals surface area (Å²) in [5.74, 6) is -0.452. The molecule has 4 aromatic rings. The Morgan fingerprint density at radius 1 is 1.07 bits per heavy atom. The van der Waals surface area contributed by atoms with E-state index in [1.807, 2.05) is 0 Å². The van der Waals surface area contributed by atoms with Crippen molar-refractivity contribution in [2.45, 2.75) is 13.0 Å². The zero-order valence-electron chi connectivity index (χ0n) is 21.5. The fourth-order valence-corrected chi connectivity index (χ4v) is 5.81. The van der Waals surface area contributed by atoms with Gasteiger partial charge in [-0.2, -0.15) is 0 Å². The average molecular weight is 561 g/mol. The second-order valence-corrected chi connectivity index (χ2v) is 10.0. The molecule has 2 N–H and O–H groups in total. The van der Waals surface area contributed by atoms with Gasteiger partial charge in [0, 0.05) is 5.56 Å². The number of rotatable bonds is 6. The number of fused-ring (bicyclic) bond motifs is 2. The van der Waals surface area contributed by atoms with Gasteiger partial charge < -0.3 is 29.2 Å². The van der Waals surface area contributed by atoms with Crippen molar-refractivity contribution in [3.63, 3.8) is 0 Å². The molecule has 1 saturated heterocycles. The van der Waals surface area contributed by atoms with E-state index < -0.39 is 17.7 Å². The van der Waals surface area contributed by atoms with Crippen molar-refractivity contribution in [1.29, 1.82) is 0 Å². The highest BCUT2D eigenvalue weighted by atomic mass is 32.1. The quantitative estimate of drug-likeness (QED) is 0.194. The number of amides is 1. The van der Waals surface area contributed by atoms with Gasteiger partial charge >= 0.3 is 5.91 Å². The third kappa shape index (κ3) is 4.24. The number of aliphatic hydroxyl groups excluding tert-OH is 1. The summed E-state index contributed by atoms with van der Waals surface area (Å²) in [6.07, 6.45) is 0. The highest BCUT2D eigenvalue weighted by Crippen LogP contribution is 2.46. The zero-order valence-corrected chi connectivity index (χ0v) is 22.4. The Kier molecular flexibility index (Phi) is 6.43. The van der Waals surface area contributed by atoms with Gasteiger partial charge in [-0.15, -0.1) is 0 Å². The number of aromatic nitrogens is 1. The topological polar surface area (TPSA) is 128 Å². The maximum absolute atomic E-state index is 13.6. The lowest BCUT2D eigenvalue weighted by molar-refractivity contribution is -0.132. The molecule has 1 amide bonds. The monoisotopic (exact) mass is 560 g/mol. The number of benzene rings is 3. The van der Waals surface area contributed by atoms with Crippen LogP contribution in [0.5, 0.6) is 28.7 Å². The molecule has 1 fully saturated rings. The van der Waals surface area contributed by atoms with Crippen molar-refractivity contribution in [2.24, 2.45) is 0 Å². The molecule has 0 spiro atoms. The lowest BCUT2D eigenvalue weighted by Gasteiger charge is -2.24. The number of methoxy groups -OCH3 is 1. The van der Waals surface area contributed by atoms with E-state index in [9.17, 15) is 19.8 Å². The first-order valence-electron chi connectivity index (χ1n) is 12.5. The van der Waals surface area contributed by atoms with Crippen LogP contribution >= 0.6 is 11.3 Å². The van der Waals surface area contributed by atoms with Gasteiger partial charge in [0.1, 0.15) is 24.7 Å². The number of Topliss-reactive ketones (excluding diaryl/α,β-unsaturated/α-hetero) is 1. The largest absolute Gasteiger partial charge is 0.507 e. The van der Waals surface area contributed by atoms with Crippen LogP contribution in [0.2, 0.25) is 0 Å². The summed E-state index contributed by atoms with van der Waals surface area (Å²) in [5.41, 5.74) is 1.21. The number of nitrogens with zero attached hydrogens (tertiary/aromatic N) is 2. The summed E-state index contributed by atoms with van der Waals surface area (Å²) in [6.45, 7) is 2.81. The molecule has 0 aliphatic carbocycles. The van der Waals surface area contributed by atoms with Crippen LogP contribution in [-0.2, 0) is 9.59 Å². The molecule has 3 heterocycles. The fourth-order valence-electron chi connectivity index (χ4n) is 4.79. The number of carbonyl (C=O) groups is 2. The number of thiazole rings is 1. The number of aliphatic hydroxyl groups is 1. The molecular formula is C29H24N2O8S. The summed E-state index contributed by atoms with van der Waals surface area (Å²) >= 11 is 1.21. The molecule has 204 valence electrons. The predicted molar refractivity (Wildman–Crippen MR) is 148 cm³/mol. The Bertz CT molecular complexity index is 1690. The Morgan fingerprint density at radius 2 is 1.88 bits per heavy atom. The first-order valence-corrected chi connectivity index (χ1v) is 13.3. The SMILES string of the molecule is CCOc1cc([C@@H]2C(=C(O)c3ccc4c(c3)OCCO4)C(=O)C(=O)N2c2nc3ccc(OC)cc3s2)ccc1O. The molecule has 0 unspecified atom stereocenters. The minimum atomic E-state index is -1.06. The van der Waals surface area contributed by atoms with Gasteiger partial charge in [0.25, 0.3) is 5.78 Å². The first-order chi connectivity index (χ1) is 19.4. The molecule has 11 heteroatoms. The second kappa shape index (κ2) is 10.1. The Labute approximate surface area is 232 Å². The van der Waals surface area contributed by atoms with Crippen LogP contribution in [-0.4, -0.2) is 53.8 Å². The number of phenols is 1. The second-order valence-electron chi connectivity index (χ2n) is 9.02. The minimum Gasteiger partial charge on any atom is -0.507 e. The number of hydrogen-bond acceptors (Lipinski definition) is 10. The summed E-state index contributed by atoms with van der Waals surface area (Å²) in [4.78, 5) is 33.1. The molecule has 0 radical (unpaired) electrons. The number of ketones is 1. The molecular weight excluding hydrogens is 536 g/mol. The number of anilines is 1. The van der Waals surface area contributed by atoms with Crippen molar-refractivity contribution in [3.05, 3.63) is 71.3 Å². The molecule has 2 aliphatic heterocycles. The molecule has 2 aliphatic rings. The van der Waals surface area contributed by atoms with Crippen LogP contribution < -0.4 is 23.8 Å². The Balaban J connectivity index is 1.54. The van der Waals surface area contributed by atoms with Gasteiger partial charge in [-0.25, -0.2) is 4.98 Å². The summed E-state index contributed by atoms with van der Waals surface area (Å²) in [6, 6.07) is 13.6. The molecule has 6 rings (SSSR count). The number of phenolic OH excluding ortho intramolecular Hbond substituents is 1. The number of carbonyl (C=O) groups excluding carboxylic acids is 2. The van der Waals surface area contributed by atoms with Crippen LogP contribution in [0.3, 0.4) is 0 Å². The molecule has 0 bridgehead atoms. The molecule has 10 nitrogen and oxygen atoms in total. The van der Waals surface area contributed by atoms with Crippen molar-refractivity contribution in [1.82, 2.24) is 4.98 Å². The van der Waals surface area contributed by atoms with E-state index in [1.54, 1.807) is 62.6 Å². The first kappa shape index (κ1) is 25.5. The fraction of sp³-hybridized carbons (Fsp3) is 0.207. The number of ether oxygens (including phenoxy) is 4. The zero-order chi connectivity index (χ0) is 28.0. The van der Waals surface area contributed by atoms with Crippen LogP contribution in [0, 0.1) is 0 Å². The van der Waals surface area contributed by atoms with E-state index in [4.69, 9.17) is 18.9 Å². The van der Waals surface area contributed by atoms with Crippen molar-refractivity contribution < 1.29 is 38.7 Å². The number of aromatic hydroxyl groups is 1. The van der Waals surface area contributed by atoms with E-state index in [0.29, 0.717) is 41.5 Å². The Hall–Kier alpha value is -4.77. The summed E-state index contributed by atoms with van der Waals surface area (Å²) in [7, 11) is 1.56. The maximum Gasteiger partial charge on any atom is 0.301 e. The third-order valence-corrected chi connectivity index (χ3v) is 7.67. The van der Waals surface area contributed by atoms with Gasteiger partial charge in [-0.05, 0) is 61.0 Å². The number of hydrogen-bond donors (Lipinski definition) is 2. The molecule has 3 aromatic carbocycles. The van der Waals surface area contributed by atoms with Gasteiger partial charge in [-0.1, -0.05) is 17.4 Å². The summed E-state index contributed by atoms with van der Waals surface area (Å²) in [5, 5.41) is 22.1. The Morgan fingerprint density at radius 3 is 2.65 bits per heavy atom. The van der Waals surface area contributed by atoms with Crippen LogP contribution in [0.1, 0.15) is 24.1 Å². The molecule has 1 atom stereocenters. The van der Waals surface area contributed by atoms with Crippen LogP contribution in [0.4, 0.5) is 5.13 Å². The van der Waals surface area contributed by atoms with E-state index in [1.165, 1.54) is 22.3 Å². The minimum absolute atomic E-state index is 0.0959. The van der Waals surface area contributed by atoms with Crippen molar-refractivity contribution >= 4 is 44.1 Å². The maximum atomic E-state index is 13.6.